The summed E-state index contributed by atoms with van der Waals surface area (Å²) in [5.74, 6) is 0.380. The number of carbonyl (C=O) groups excluding carboxylic acids is 1. The van der Waals surface area contributed by atoms with Gasteiger partial charge in [-0.05, 0) is 51.3 Å². The number of fused-ring (bicyclic) bond motifs is 3. The first-order valence-corrected chi connectivity index (χ1v) is 8.41. The van der Waals surface area contributed by atoms with Crippen molar-refractivity contribution in [3.05, 3.63) is 35.0 Å². The van der Waals surface area contributed by atoms with Crippen molar-refractivity contribution in [1.29, 1.82) is 0 Å². The second-order valence-corrected chi connectivity index (χ2v) is 7.33. The van der Waals surface area contributed by atoms with E-state index in [-0.39, 0.29) is 11.9 Å². The third kappa shape index (κ3) is 2.74. The summed E-state index contributed by atoms with van der Waals surface area (Å²) < 4.78 is 0. The molecule has 1 unspecified atom stereocenters. The molecule has 0 spiro atoms. The second kappa shape index (κ2) is 5.62. The molecule has 0 saturated heterocycles. The summed E-state index contributed by atoms with van der Waals surface area (Å²) in [5, 5.41) is 4.50. The molecule has 1 aromatic heterocycles. The Balaban J connectivity index is 1.80. The third-order valence-corrected chi connectivity index (χ3v) is 5.30. The van der Waals surface area contributed by atoms with Crippen LogP contribution in [0.15, 0.2) is 18.2 Å². The number of hydrogen-bond acceptors (Lipinski definition) is 1. The zero-order valence-corrected chi connectivity index (χ0v) is 14.2. The minimum absolute atomic E-state index is 0.0444. The fourth-order valence-electron chi connectivity index (χ4n) is 3.11. The minimum Gasteiger partial charge on any atom is -0.358 e. The van der Waals surface area contributed by atoms with Gasteiger partial charge in [0.05, 0.1) is 5.41 Å². The van der Waals surface area contributed by atoms with Crippen molar-refractivity contribution in [2.75, 3.05) is 5.88 Å². The predicted molar refractivity (Wildman–Crippen MR) is 91.5 cm³/mol. The fourth-order valence-corrected chi connectivity index (χ4v) is 3.23. The number of H-pyrrole nitrogens is 1. The highest BCUT2D eigenvalue weighted by Crippen LogP contribution is 2.30. The van der Waals surface area contributed by atoms with Crippen LogP contribution in [0.5, 0.6) is 0 Å². The van der Waals surface area contributed by atoms with Gasteiger partial charge in [0.2, 0.25) is 5.91 Å². The van der Waals surface area contributed by atoms with Crippen LogP contribution in [0, 0.1) is 12.3 Å². The molecule has 2 N–H and O–H groups in total. The smallest absolute Gasteiger partial charge is 0.227 e. The van der Waals surface area contributed by atoms with Crippen LogP contribution in [0.3, 0.4) is 0 Å². The fraction of sp³-hybridized carbons (Fsp3) is 0.500. The van der Waals surface area contributed by atoms with Crippen LogP contribution in [0.25, 0.3) is 10.9 Å². The monoisotopic (exact) mass is 318 g/mol. The number of aryl methyl sites for hydroxylation is 2. The van der Waals surface area contributed by atoms with E-state index in [0.29, 0.717) is 5.88 Å². The van der Waals surface area contributed by atoms with E-state index >= 15 is 0 Å². The first kappa shape index (κ1) is 15.4. The van der Waals surface area contributed by atoms with Crippen molar-refractivity contribution >= 4 is 28.4 Å². The van der Waals surface area contributed by atoms with Crippen LogP contribution in [-0.2, 0) is 17.6 Å². The number of hydrogen-bond donors (Lipinski definition) is 2. The molecule has 0 fully saturated rings. The van der Waals surface area contributed by atoms with Gasteiger partial charge in [0.15, 0.2) is 0 Å². The van der Waals surface area contributed by atoms with Crippen molar-refractivity contribution in [3.8, 4) is 0 Å². The van der Waals surface area contributed by atoms with Gasteiger partial charge in [-0.1, -0.05) is 11.6 Å². The maximum absolute atomic E-state index is 12.3. The van der Waals surface area contributed by atoms with Gasteiger partial charge in [0, 0.05) is 34.9 Å². The van der Waals surface area contributed by atoms with E-state index in [4.69, 9.17) is 11.6 Å². The Kier molecular flexibility index (Phi) is 3.94. The standard InChI is InChI=1S/C18H23ClN2O/c1-11-4-7-15-14(8-11)13-6-5-12(9-16(13)21-15)20-17(22)18(2,3)10-19/h4,7-8,12,21H,5-6,9-10H2,1-3H3,(H,20,22). The Morgan fingerprint density at radius 3 is 2.95 bits per heavy atom. The van der Waals surface area contributed by atoms with Gasteiger partial charge in [0.25, 0.3) is 0 Å². The SMILES string of the molecule is Cc1ccc2[nH]c3c(c2c1)CCC(NC(=O)C(C)(C)CCl)C3. The molecule has 1 heterocycles. The van der Waals surface area contributed by atoms with Crippen LogP contribution in [0.2, 0.25) is 0 Å². The summed E-state index contributed by atoms with van der Waals surface area (Å²) in [4.78, 5) is 15.8. The van der Waals surface area contributed by atoms with Crippen LogP contribution >= 0.6 is 11.6 Å². The normalized spacial score (nSPS) is 18.3. The summed E-state index contributed by atoms with van der Waals surface area (Å²) in [7, 11) is 0. The first-order chi connectivity index (χ1) is 10.4. The number of aromatic amines is 1. The van der Waals surface area contributed by atoms with Gasteiger partial charge < -0.3 is 10.3 Å². The van der Waals surface area contributed by atoms with E-state index in [1.54, 1.807) is 0 Å². The second-order valence-electron chi connectivity index (χ2n) is 7.06. The van der Waals surface area contributed by atoms with E-state index in [1.165, 1.54) is 27.7 Å². The highest BCUT2D eigenvalue weighted by atomic mass is 35.5. The molecule has 118 valence electrons. The zero-order chi connectivity index (χ0) is 15.9. The quantitative estimate of drug-likeness (QED) is 0.832. The number of alkyl halides is 1. The lowest BCUT2D eigenvalue weighted by Crippen LogP contribution is -2.45. The van der Waals surface area contributed by atoms with Crippen molar-refractivity contribution in [3.63, 3.8) is 0 Å². The van der Waals surface area contributed by atoms with Crippen molar-refractivity contribution in [2.24, 2.45) is 5.41 Å². The number of carbonyl (C=O) groups is 1. The minimum atomic E-state index is -0.514. The van der Waals surface area contributed by atoms with E-state index in [9.17, 15) is 4.79 Å². The van der Waals surface area contributed by atoms with Crippen molar-refractivity contribution in [2.45, 2.75) is 46.1 Å². The third-order valence-electron chi connectivity index (χ3n) is 4.63. The first-order valence-electron chi connectivity index (χ1n) is 7.88. The summed E-state index contributed by atoms with van der Waals surface area (Å²) >= 11 is 5.89. The Morgan fingerprint density at radius 1 is 1.45 bits per heavy atom. The van der Waals surface area contributed by atoms with Crippen LogP contribution in [0.4, 0.5) is 0 Å². The van der Waals surface area contributed by atoms with E-state index in [1.807, 2.05) is 13.8 Å². The average Bonchev–Trinajstić information content (AvgIpc) is 2.84. The molecule has 3 rings (SSSR count). The molecule has 22 heavy (non-hydrogen) atoms. The van der Waals surface area contributed by atoms with Crippen molar-refractivity contribution < 1.29 is 4.79 Å². The van der Waals surface area contributed by atoms with Gasteiger partial charge in [-0.2, -0.15) is 0 Å². The number of benzene rings is 1. The molecule has 1 aliphatic rings. The number of nitrogens with one attached hydrogen (secondary N) is 2. The summed E-state index contributed by atoms with van der Waals surface area (Å²) in [6, 6.07) is 6.72. The van der Waals surface area contributed by atoms with Crippen LogP contribution in [-0.4, -0.2) is 22.8 Å². The molecule has 0 saturated carbocycles. The average molecular weight is 319 g/mol. The van der Waals surface area contributed by atoms with E-state index in [2.05, 4.69) is 35.4 Å². The topological polar surface area (TPSA) is 44.9 Å². The Labute approximate surface area is 136 Å². The number of halogens is 1. The molecule has 1 amide bonds. The lowest BCUT2D eigenvalue weighted by Gasteiger charge is -2.28. The van der Waals surface area contributed by atoms with E-state index in [0.717, 1.165) is 19.3 Å². The maximum Gasteiger partial charge on any atom is 0.227 e. The Hall–Kier alpha value is -1.48. The molecule has 3 nitrogen and oxygen atoms in total. The molecule has 0 aliphatic heterocycles. The molecule has 0 bridgehead atoms. The summed E-state index contributed by atoms with van der Waals surface area (Å²) in [5.41, 5.74) is 4.65. The molecule has 4 heteroatoms. The maximum atomic E-state index is 12.3. The number of aromatic nitrogens is 1. The van der Waals surface area contributed by atoms with Crippen LogP contribution < -0.4 is 5.32 Å². The molecule has 1 aromatic carbocycles. The lowest BCUT2D eigenvalue weighted by molar-refractivity contribution is -0.129. The number of rotatable bonds is 3. The molecule has 0 radical (unpaired) electrons. The summed E-state index contributed by atoms with van der Waals surface area (Å²) in [6.45, 7) is 5.89. The molecule has 2 aromatic rings. The van der Waals surface area contributed by atoms with E-state index < -0.39 is 5.41 Å². The lowest BCUT2D eigenvalue weighted by atomic mass is 9.89. The van der Waals surface area contributed by atoms with Gasteiger partial charge in [-0.25, -0.2) is 0 Å². The molecule has 1 aliphatic carbocycles. The van der Waals surface area contributed by atoms with Crippen LogP contribution in [0.1, 0.15) is 37.1 Å². The summed E-state index contributed by atoms with van der Waals surface area (Å²) in [6.07, 6.45) is 2.86. The zero-order valence-electron chi connectivity index (χ0n) is 13.4. The molecule has 1 atom stereocenters. The Morgan fingerprint density at radius 2 is 2.23 bits per heavy atom. The van der Waals surface area contributed by atoms with Gasteiger partial charge in [0.1, 0.15) is 0 Å². The largest absolute Gasteiger partial charge is 0.358 e. The van der Waals surface area contributed by atoms with Gasteiger partial charge in [-0.3, -0.25) is 4.79 Å². The predicted octanol–water partition coefficient (Wildman–Crippen LogP) is 3.71. The Bertz CT molecular complexity index is 717. The van der Waals surface area contributed by atoms with Crippen molar-refractivity contribution in [1.82, 2.24) is 10.3 Å². The molecular weight excluding hydrogens is 296 g/mol. The van der Waals surface area contributed by atoms with Gasteiger partial charge >= 0.3 is 0 Å². The number of amides is 1. The molecular formula is C18H23ClN2O. The van der Waals surface area contributed by atoms with Gasteiger partial charge in [-0.15, -0.1) is 11.6 Å². The highest BCUT2D eigenvalue weighted by Gasteiger charge is 2.30. The highest BCUT2D eigenvalue weighted by molar-refractivity contribution is 6.19.